The highest BCUT2D eigenvalue weighted by atomic mass is 32.1. The molecule has 1 N–H and O–H groups in total. The molecule has 0 saturated heterocycles. The smallest absolute Gasteiger partial charge is 0.298 e. The molecule has 0 spiro atoms. The van der Waals surface area contributed by atoms with Crippen molar-refractivity contribution in [2.75, 3.05) is 5.32 Å². The van der Waals surface area contributed by atoms with E-state index in [2.05, 4.69) is 20.4 Å². The van der Waals surface area contributed by atoms with E-state index in [9.17, 15) is 28.1 Å². The van der Waals surface area contributed by atoms with Gasteiger partial charge in [0.15, 0.2) is 5.13 Å². The van der Waals surface area contributed by atoms with Gasteiger partial charge in [0.05, 0.1) is 10.5 Å². The van der Waals surface area contributed by atoms with E-state index in [0.29, 0.717) is 10.4 Å². The average molecular weight is 474 g/mol. The number of rotatable bonds is 6. The first kappa shape index (κ1) is 22.1. The van der Waals surface area contributed by atoms with E-state index in [4.69, 9.17) is 0 Å². The van der Waals surface area contributed by atoms with Crippen LogP contribution in [0.25, 0.3) is 5.69 Å². The third-order valence-corrected chi connectivity index (χ3v) is 5.42. The maximum absolute atomic E-state index is 12.9. The first-order valence-electron chi connectivity index (χ1n) is 9.26. The number of hydrogen-bond acceptors (Lipinski definition) is 7. The summed E-state index contributed by atoms with van der Waals surface area (Å²) >= 11 is 1.10. The molecule has 0 aliphatic rings. The van der Waals surface area contributed by atoms with Crippen LogP contribution in [-0.4, -0.2) is 30.6 Å². The zero-order valence-corrected chi connectivity index (χ0v) is 17.3. The van der Waals surface area contributed by atoms with Gasteiger partial charge in [0.25, 0.3) is 11.6 Å². The number of amides is 1. The number of hydrogen-bond donors (Lipinski definition) is 1. The van der Waals surface area contributed by atoms with Crippen molar-refractivity contribution in [2.24, 2.45) is 0 Å². The highest BCUT2D eigenvalue weighted by molar-refractivity contribution is 7.15. The summed E-state index contributed by atoms with van der Waals surface area (Å²) in [6.45, 7) is 0. The number of nitrogens with one attached hydrogen (secondary N) is 1. The van der Waals surface area contributed by atoms with E-state index in [1.165, 1.54) is 41.7 Å². The molecule has 0 fully saturated rings. The Balaban J connectivity index is 1.49. The van der Waals surface area contributed by atoms with E-state index >= 15 is 0 Å². The second kappa shape index (κ2) is 8.78. The molecule has 2 heterocycles. The summed E-state index contributed by atoms with van der Waals surface area (Å²) in [5.74, 6) is -0.622. The Morgan fingerprint density at radius 1 is 1.21 bits per heavy atom. The zero-order valence-electron chi connectivity index (χ0n) is 16.5. The van der Waals surface area contributed by atoms with Crippen LogP contribution in [0.1, 0.15) is 26.4 Å². The maximum Gasteiger partial charge on any atom is 0.416 e. The molecule has 0 saturated carbocycles. The van der Waals surface area contributed by atoms with E-state index in [1.54, 1.807) is 6.07 Å². The van der Waals surface area contributed by atoms with Crippen molar-refractivity contribution in [3.63, 3.8) is 0 Å². The first-order valence-corrected chi connectivity index (χ1v) is 10.1. The molecule has 13 heteroatoms. The summed E-state index contributed by atoms with van der Waals surface area (Å²) in [5, 5.41) is 18.1. The molecule has 1 amide bonds. The summed E-state index contributed by atoms with van der Waals surface area (Å²) in [6, 6.07) is 8.85. The quantitative estimate of drug-likeness (QED) is 0.325. The molecule has 4 aromatic rings. The van der Waals surface area contributed by atoms with Crippen LogP contribution in [0.3, 0.4) is 0 Å². The van der Waals surface area contributed by atoms with Gasteiger partial charge in [0.1, 0.15) is 18.3 Å². The molecule has 0 bridgehead atoms. The maximum atomic E-state index is 12.9. The summed E-state index contributed by atoms with van der Waals surface area (Å²) in [5.41, 5.74) is -0.455. The Morgan fingerprint density at radius 2 is 2.03 bits per heavy atom. The predicted molar refractivity (Wildman–Crippen MR) is 112 cm³/mol. The molecule has 9 nitrogen and oxygen atoms in total. The number of carbonyl (C=O) groups excluding carboxylic acids is 1. The van der Waals surface area contributed by atoms with Gasteiger partial charge in [-0.2, -0.15) is 18.3 Å². The standard InChI is InChI=1S/C20H13F3N6O3S/c21-20(22,23)14-3-1-2-12(6-14)7-15-9-25-19(33-15)27-18(30)13-4-5-16(17(8-13)29(31)32)28-11-24-10-26-28/h1-6,8-11H,7H2,(H,25,27,30). The largest absolute Gasteiger partial charge is 0.416 e. The molecule has 0 aliphatic carbocycles. The summed E-state index contributed by atoms with van der Waals surface area (Å²) in [6.07, 6.45) is -0.255. The van der Waals surface area contributed by atoms with Crippen LogP contribution in [0, 0.1) is 10.1 Å². The van der Waals surface area contributed by atoms with Gasteiger partial charge in [-0.05, 0) is 23.8 Å². The highest BCUT2D eigenvalue weighted by Crippen LogP contribution is 2.31. The lowest BCUT2D eigenvalue weighted by Crippen LogP contribution is -2.12. The van der Waals surface area contributed by atoms with Gasteiger partial charge in [-0.1, -0.05) is 18.2 Å². The van der Waals surface area contributed by atoms with Gasteiger partial charge in [-0.25, -0.2) is 14.6 Å². The number of alkyl halides is 3. The number of carbonyl (C=O) groups is 1. The average Bonchev–Trinajstić information content (AvgIpc) is 3.45. The minimum absolute atomic E-state index is 0.0280. The lowest BCUT2D eigenvalue weighted by atomic mass is 10.1. The molecule has 0 atom stereocenters. The molecule has 4 rings (SSSR count). The van der Waals surface area contributed by atoms with Gasteiger partial charge in [0, 0.05) is 29.1 Å². The Kier molecular flexibility index (Phi) is 5.87. The second-order valence-electron chi connectivity index (χ2n) is 6.76. The Labute approximate surface area is 187 Å². The SMILES string of the molecule is O=C(Nc1ncc(Cc2cccc(C(F)(F)F)c2)s1)c1ccc(-n2cncn2)c([N+](=O)[O-])c1. The van der Waals surface area contributed by atoms with Crippen molar-refractivity contribution < 1.29 is 22.9 Å². The van der Waals surface area contributed by atoms with Crippen LogP contribution in [0.5, 0.6) is 0 Å². The topological polar surface area (TPSA) is 116 Å². The fourth-order valence-electron chi connectivity index (χ4n) is 3.01. The molecule has 0 radical (unpaired) electrons. The first-order chi connectivity index (χ1) is 15.7. The van der Waals surface area contributed by atoms with Gasteiger partial charge >= 0.3 is 6.18 Å². The summed E-state index contributed by atoms with van der Waals surface area (Å²) in [7, 11) is 0. The number of halogens is 3. The number of nitro groups is 1. The molecule has 0 unspecified atom stereocenters. The molecule has 168 valence electrons. The molecular formula is C20H13F3N6O3S. The fraction of sp³-hybridized carbons (Fsp3) is 0.100. The second-order valence-corrected chi connectivity index (χ2v) is 7.88. The van der Waals surface area contributed by atoms with Gasteiger partial charge < -0.3 is 0 Å². The fourth-order valence-corrected chi connectivity index (χ4v) is 3.85. The highest BCUT2D eigenvalue weighted by Gasteiger charge is 2.30. The predicted octanol–water partition coefficient (Wildman–Crippen LogP) is 4.49. The molecule has 2 aromatic heterocycles. The van der Waals surface area contributed by atoms with Crippen LogP contribution in [0.15, 0.2) is 61.3 Å². The minimum atomic E-state index is -4.44. The van der Waals surface area contributed by atoms with Crippen LogP contribution in [0.2, 0.25) is 0 Å². The van der Waals surface area contributed by atoms with Crippen molar-refractivity contribution in [2.45, 2.75) is 12.6 Å². The van der Waals surface area contributed by atoms with Crippen molar-refractivity contribution in [1.82, 2.24) is 19.7 Å². The van der Waals surface area contributed by atoms with Gasteiger partial charge in [-0.3, -0.25) is 20.2 Å². The van der Waals surface area contributed by atoms with Crippen LogP contribution in [0.4, 0.5) is 24.0 Å². The normalized spacial score (nSPS) is 11.4. The number of nitrogens with zero attached hydrogens (tertiary/aromatic N) is 5. The number of benzene rings is 2. The Bertz CT molecular complexity index is 1320. The lowest BCUT2D eigenvalue weighted by Gasteiger charge is -2.08. The zero-order chi connectivity index (χ0) is 23.6. The van der Waals surface area contributed by atoms with Crippen LogP contribution >= 0.6 is 11.3 Å². The summed E-state index contributed by atoms with van der Waals surface area (Å²) in [4.78, 5) is 31.9. The van der Waals surface area contributed by atoms with Crippen molar-refractivity contribution >= 4 is 28.1 Å². The van der Waals surface area contributed by atoms with Crippen molar-refractivity contribution in [1.29, 1.82) is 0 Å². The van der Waals surface area contributed by atoms with Crippen LogP contribution < -0.4 is 5.32 Å². The van der Waals surface area contributed by atoms with Crippen LogP contribution in [-0.2, 0) is 12.6 Å². The molecular weight excluding hydrogens is 461 g/mol. The van der Waals surface area contributed by atoms with Crippen molar-refractivity contribution in [3.05, 3.63) is 93.0 Å². The molecule has 2 aromatic carbocycles. The number of thiazole rings is 1. The van der Waals surface area contributed by atoms with E-state index in [1.807, 2.05) is 0 Å². The van der Waals surface area contributed by atoms with Gasteiger partial charge in [0.2, 0.25) is 0 Å². The van der Waals surface area contributed by atoms with E-state index in [-0.39, 0.29) is 28.5 Å². The lowest BCUT2D eigenvalue weighted by molar-refractivity contribution is -0.384. The number of aromatic nitrogens is 4. The molecule has 33 heavy (non-hydrogen) atoms. The molecule has 0 aliphatic heterocycles. The third kappa shape index (κ3) is 5.03. The third-order valence-electron chi connectivity index (χ3n) is 4.51. The monoisotopic (exact) mass is 474 g/mol. The van der Waals surface area contributed by atoms with E-state index < -0.39 is 22.6 Å². The summed E-state index contributed by atoms with van der Waals surface area (Å²) < 4.78 is 39.9. The number of anilines is 1. The Hall–Kier alpha value is -4.13. The van der Waals surface area contributed by atoms with Gasteiger partial charge in [-0.15, -0.1) is 11.3 Å². The van der Waals surface area contributed by atoms with E-state index in [0.717, 1.165) is 29.5 Å². The Morgan fingerprint density at radius 3 is 2.73 bits per heavy atom. The minimum Gasteiger partial charge on any atom is -0.298 e. The van der Waals surface area contributed by atoms with Crippen molar-refractivity contribution in [3.8, 4) is 5.69 Å². The number of nitro benzene ring substituents is 1.